The average Bonchev–Trinajstić information content (AvgIpc) is 3.13. The Balaban J connectivity index is 2.01. The van der Waals surface area contributed by atoms with E-state index in [0.717, 1.165) is 29.7 Å². The molecule has 1 aliphatic heterocycles. The minimum Gasteiger partial charge on any atom is -0.383 e. The van der Waals surface area contributed by atoms with Gasteiger partial charge in [0.15, 0.2) is 5.82 Å². The molecule has 21 heavy (non-hydrogen) atoms. The quantitative estimate of drug-likeness (QED) is 0.900. The summed E-state index contributed by atoms with van der Waals surface area (Å²) < 4.78 is 7.63. The summed E-state index contributed by atoms with van der Waals surface area (Å²) in [5.74, 6) is 1.68. The van der Waals surface area contributed by atoms with E-state index < -0.39 is 0 Å². The highest BCUT2D eigenvalue weighted by Crippen LogP contribution is 2.33. The Morgan fingerprint density at radius 3 is 3.05 bits per heavy atom. The van der Waals surface area contributed by atoms with Crippen molar-refractivity contribution in [1.29, 1.82) is 0 Å². The molecule has 7 nitrogen and oxygen atoms in total. The second-order valence-corrected chi connectivity index (χ2v) is 5.73. The lowest BCUT2D eigenvalue weighted by Crippen LogP contribution is -2.34. The maximum atomic E-state index is 6.02. The predicted molar refractivity (Wildman–Crippen MR) is 83.5 cm³/mol. The van der Waals surface area contributed by atoms with E-state index in [4.69, 9.17) is 10.5 Å². The summed E-state index contributed by atoms with van der Waals surface area (Å²) in [7, 11) is 1.72. The number of ether oxygens (including phenoxy) is 1. The summed E-state index contributed by atoms with van der Waals surface area (Å²) in [6.07, 6.45) is 5.68. The normalized spacial score (nSPS) is 18.4. The van der Waals surface area contributed by atoms with Gasteiger partial charge >= 0.3 is 0 Å². The summed E-state index contributed by atoms with van der Waals surface area (Å²) in [5, 5.41) is 4.16. The molecule has 2 aromatic rings. The van der Waals surface area contributed by atoms with Crippen molar-refractivity contribution >= 4 is 27.6 Å². The van der Waals surface area contributed by atoms with Gasteiger partial charge in [0.05, 0.1) is 12.6 Å². The lowest BCUT2D eigenvalue weighted by Gasteiger charge is -2.26. The number of hydrogen-bond acceptors (Lipinski definition) is 6. The third-order valence-corrected chi connectivity index (χ3v) is 4.33. The predicted octanol–water partition coefficient (Wildman–Crippen LogP) is 1.62. The first-order chi connectivity index (χ1) is 10.2. The zero-order chi connectivity index (χ0) is 14.8. The molecule has 3 heterocycles. The zero-order valence-electron chi connectivity index (χ0n) is 11.7. The molecule has 8 heteroatoms. The summed E-state index contributed by atoms with van der Waals surface area (Å²) in [4.78, 5) is 11.1. The summed E-state index contributed by atoms with van der Waals surface area (Å²) >= 11 is 3.50. The monoisotopic (exact) mass is 352 g/mol. The molecule has 0 bridgehead atoms. The Hall–Kier alpha value is -1.67. The van der Waals surface area contributed by atoms with E-state index in [2.05, 4.69) is 35.9 Å². The first-order valence-corrected chi connectivity index (χ1v) is 7.58. The van der Waals surface area contributed by atoms with Crippen molar-refractivity contribution in [3.63, 3.8) is 0 Å². The van der Waals surface area contributed by atoms with E-state index in [1.54, 1.807) is 24.2 Å². The molecular formula is C13H17BrN6O. The standard InChI is InChI=1S/C13H17BrN6O/c1-21-8-9-4-2-6-19(9)12-10(14)11(15)17-13(18-12)20-7-3-5-16-20/h3,5,7,9H,2,4,6,8H2,1H3,(H2,15,17,18)/t9-/m1/s1. The van der Waals surface area contributed by atoms with Gasteiger partial charge in [0.25, 0.3) is 5.95 Å². The summed E-state index contributed by atoms with van der Waals surface area (Å²) in [5.41, 5.74) is 6.02. The largest absolute Gasteiger partial charge is 0.383 e. The van der Waals surface area contributed by atoms with E-state index in [-0.39, 0.29) is 0 Å². The SMILES string of the molecule is COC[C@H]1CCCN1c1nc(-n2cccn2)nc(N)c1Br. The fraction of sp³-hybridized carbons (Fsp3) is 0.462. The minimum absolute atomic E-state index is 0.311. The van der Waals surface area contributed by atoms with Crippen molar-refractivity contribution in [3.8, 4) is 5.95 Å². The Labute approximate surface area is 131 Å². The molecule has 1 atom stereocenters. The van der Waals surface area contributed by atoms with Crippen LogP contribution in [0.2, 0.25) is 0 Å². The van der Waals surface area contributed by atoms with Crippen LogP contribution in [0, 0.1) is 0 Å². The van der Waals surface area contributed by atoms with Gasteiger partial charge in [0, 0.05) is 26.0 Å². The molecule has 2 aromatic heterocycles. The van der Waals surface area contributed by atoms with Gasteiger partial charge in [-0.25, -0.2) is 4.68 Å². The zero-order valence-corrected chi connectivity index (χ0v) is 13.3. The van der Waals surface area contributed by atoms with Crippen LogP contribution in [0.25, 0.3) is 5.95 Å². The Bertz CT molecular complexity index is 617. The lowest BCUT2D eigenvalue weighted by atomic mass is 10.2. The van der Waals surface area contributed by atoms with Crippen LogP contribution in [-0.2, 0) is 4.74 Å². The molecule has 0 aliphatic carbocycles. The van der Waals surface area contributed by atoms with Gasteiger partial charge in [-0.15, -0.1) is 0 Å². The van der Waals surface area contributed by atoms with Gasteiger partial charge < -0.3 is 15.4 Å². The molecule has 3 rings (SSSR count). The molecule has 1 aliphatic rings. The van der Waals surface area contributed by atoms with E-state index in [1.807, 2.05) is 6.07 Å². The first-order valence-electron chi connectivity index (χ1n) is 6.79. The van der Waals surface area contributed by atoms with Gasteiger partial charge in [-0.3, -0.25) is 0 Å². The summed E-state index contributed by atoms with van der Waals surface area (Å²) in [6, 6.07) is 2.14. The van der Waals surface area contributed by atoms with Crippen molar-refractivity contribution < 1.29 is 4.74 Å². The smallest absolute Gasteiger partial charge is 0.254 e. The first kappa shape index (κ1) is 14.3. The molecule has 0 spiro atoms. The molecule has 0 amide bonds. The fourth-order valence-electron chi connectivity index (χ4n) is 2.60. The number of anilines is 2. The maximum absolute atomic E-state index is 6.02. The highest BCUT2D eigenvalue weighted by atomic mass is 79.9. The van der Waals surface area contributed by atoms with Gasteiger partial charge in [0.1, 0.15) is 10.3 Å². The Morgan fingerprint density at radius 1 is 1.48 bits per heavy atom. The number of methoxy groups -OCH3 is 1. The number of rotatable bonds is 4. The number of hydrogen-bond donors (Lipinski definition) is 1. The molecule has 0 radical (unpaired) electrons. The summed E-state index contributed by atoms with van der Waals surface area (Å²) in [6.45, 7) is 1.61. The van der Waals surface area contributed by atoms with Gasteiger partial charge in [-0.2, -0.15) is 15.1 Å². The van der Waals surface area contributed by atoms with Crippen LogP contribution in [-0.4, -0.2) is 46.1 Å². The highest BCUT2D eigenvalue weighted by Gasteiger charge is 2.28. The molecule has 0 saturated carbocycles. The molecular weight excluding hydrogens is 336 g/mol. The molecule has 1 saturated heterocycles. The Morgan fingerprint density at radius 2 is 2.33 bits per heavy atom. The minimum atomic E-state index is 0.311. The van der Waals surface area contributed by atoms with E-state index in [1.165, 1.54) is 0 Å². The van der Waals surface area contributed by atoms with Gasteiger partial charge in [0.2, 0.25) is 0 Å². The van der Waals surface area contributed by atoms with Gasteiger partial charge in [-0.05, 0) is 34.8 Å². The topological polar surface area (TPSA) is 82.1 Å². The van der Waals surface area contributed by atoms with Crippen molar-refractivity contribution in [3.05, 3.63) is 22.9 Å². The van der Waals surface area contributed by atoms with Crippen molar-refractivity contribution in [1.82, 2.24) is 19.7 Å². The van der Waals surface area contributed by atoms with Crippen LogP contribution in [0.5, 0.6) is 0 Å². The lowest BCUT2D eigenvalue weighted by molar-refractivity contribution is 0.180. The number of nitrogen functional groups attached to an aromatic ring is 1. The second-order valence-electron chi connectivity index (χ2n) is 4.94. The third-order valence-electron chi connectivity index (χ3n) is 3.57. The van der Waals surface area contributed by atoms with Crippen LogP contribution in [0.1, 0.15) is 12.8 Å². The van der Waals surface area contributed by atoms with Crippen molar-refractivity contribution in [2.45, 2.75) is 18.9 Å². The van der Waals surface area contributed by atoms with E-state index in [0.29, 0.717) is 24.4 Å². The second kappa shape index (κ2) is 5.98. The van der Waals surface area contributed by atoms with E-state index >= 15 is 0 Å². The number of nitrogens with zero attached hydrogens (tertiary/aromatic N) is 5. The van der Waals surface area contributed by atoms with E-state index in [9.17, 15) is 0 Å². The molecule has 2 N–H and O–H groups in total. The fourth-order valence-corrected chi connectivity index (χ4v) is 3.01. The van der Waals surface area contributed by atoms with Crippen LogP contribution >= 0.6 is 15.9 Å². The average molecular weight is 353 g/mol. The van der Waals surface area contributed by atoms with Gasteiger partial charge in [-0.1, -0.05) is 0 Å². The van der Waals surface area contributed by atoms with Crippen LogP contribution in [0.3, 0.4) is 0 Å². The number of aromatic nitrogens is 4. The number of halogens is 1. The molecule has 0 unspecified atom stereocenters. The molecule has 1 fully saturated rings. The van der Waals surface area contributed by atoms with Crippen molar-refractivity contribution in [2.24, 2.45) is 0 Å². The highest BCUT2D eigenvalue weighted by molar-refractivity contribution is 9.10. The third kappa shape index (κ3) is 2.73. The Kier molecular flexibility index (Phi) is 4.07. The van der Waals surface area contributed by atoms with Crippen LogP contribution < -0.4 is 10.6 Å². The van der Waals surface area contributed by atoms with Crippen LogP contribution in [0.15, 0.2) is 22.9 Å². The molecule has 112 valence electrons. The van der Waals surface area contributed by atoms with Crippen LogP contribution in [0.4, 0.5) is 11.6 Å². The van der Waals surface area contributed by atoms with Crippen molar-refractivity contribution in [2.75, 3.05) is 30.9 Å². The maximum Gasteiger partial charge on any atom is 0.254 e. The number of nitrogens with two attached hydrogens (primary N) is 1. The molecule has 0 aromatic carbocycles.